The summed E-state index contributed by atoms with van der Waals surface area (Å²) < 4.78 is 35.9. The van der Waals surface area contributed by atoms with Crippen molar-refractivity contribution in [2.75, 3.05) is 0 Å². The van der Waals surface area contributed by atoms with Crippen molar-refractivity contribution in [3.8, 4) is 0 Å². The third-order valence-electron chi connectivity index (χ3n) is 1.26. The van der Waals surface area contributed by atoms with E-state index < -0.39 is 18.2 Å². The van der Waals surface area contributed by atoms with Crippen molar-refractivity contribution in [1.29, 1.82) is 0 Å². The number of carbonyl (C=O) groups excluding carboxylic acids is 1. The van der Waals surface area contributed by atoms with Crippen LogP contribution in [0.1, 0.15) is 6.92 Å². The topological polar surface area (TPSA) is 45.3 Å². The van der Waals surface area contributed by atoms with Gasteiger partial charge in [0.05, 0.1) is 0 Å². The van der Waals surface area contributed by atoms with Crippen LogP contribution >= 0.6 is 0 Å². The Morgan fingerprint density at radius 2 is 2.08 bits per heavy atom. The van der Waals surface area contributed by atoms with Crippen LogP contribution in [0.15, 0.2) is 11.8 Å². The van der Waals surface area contributed by atoms with Gasteiger partial charge in [-0.3, -0.25) is 0 Å². The Balaban J connectivity index is 2.80. The zero-order chi connectivity index (χ0) is 9.35. The van der Waals surface area contributed by atoms with Crippen LogP contribution < -0.4 is 10.6 Å². The summed E-state index contributed by atoms with van der Waals surface area (Å²) in [6.07, 6.45) is -3.69. The molecule has 2 radical (unpaired) electrons. The minimum absolute atomic E-state index is 0.0531. The maximum atomic E-state index is 12.0. The fourth-order valence-corrected chi connectivity index (χ4v) is 0.769. The lowest BCUT2D eigenvalue weighted by Crippen LogP contribution is -2.44. The Morgan fingerprint density at radius 1 is 1.50 bits per heavy atom. The molecule has 1 heterocycles. The zero-order valence-corrected chi connectivity index (χ0v) is 6.09. The van der Waals surface area contributed by atoms with Gasteiger partial charge in [0.25, 0.3) is 0 Å². The van der Waals surface area contributed by atoms with E-state index in [4.69, 9.17) is 0 Å². The normalized spacial score (nSPS) is 24.2. The highest BCUT2D eigenvalue weighted by molar-refractivity contribution is 5.77. The molecule has 2 amide bonds. The van der Waals surface area contributed by atoms with E-state index in [9.17, 15) is 18.0 Å². The molecule has 0 aromatic carbocycles. The fourth-order valence-electron chi connectivity index (χ4n) is 0.769. The first-order chi connectivity index (χ1) is 5.39. The van der Waals surface area contributed by atoms with Gasteiger partial charge >= 0.3 is 12.2 Å². The van der Waals surface area contributed by atoms with Gasteiger partial charge in [0, 0.05) is 5.70 Å². The second kappa shape index (κ2) is 2.69. The maximum Gasteiger partial charge on any atom is 0.414 e. The minimum Gasteiger partial charge on any atom is -0.244 e. The van der Waals surface area contributed by atoms with Crippen LogP contribution in [0.4, 0.5) is 18.0 Å². The Hall–Kier alpha value is -1.20. The van der Waals surface area contributed by atoms with Crippen LogP contribution in [0, 0.1) is 0 Å². The average molecular weight is 178 g/mol. The predicted molar refractivity (Wildman–Crippen MR) is 33.3 cm³/mol. The van der Waals surface area contributed by atoms with Gasteiger partial charge in [0.15, 0.2) is 6.04 Å². The highest BCUT2D eigenvalue weighted by atomic mass is 19.4. The molecule has 1 unspecified atom stereocenters. The standard InChI is InChI=1S/C6H5F3N2O/c1-3-2-4(6(7,8)9)11-5(12)10-3/h2,4H,1H3. The Morgan fingerprint density at radius 3 is 2.50 bits per heavy atom. The molecule has 1 rings (SSSR count). The summed E-state index contributed by atoms with van der Waals surface area (Å²) in [7, 11) is 0. The Bertz CT molecular complexity index is 233. The van der Waals surface area contributed by atoms with E-state index in [0.29, 0.717) is 0 Å². The molecular weight excluding hydrogens is 173 g/mol. The van der Waals surface area contributed by atoms with Crippen molar-refractivity contribution in [2.24, 2.45) is 0 Å². The fraction of sp³-hybridized carbons (Fsp3) is 0.500. The smallest absolute Gasteiger partial charge is 0.244 e. The monoisotopic (exact) mass is 178 g/mol. The number of alkyl halides is 3. The van der Waals surface area contributed by atoms with E-state index in [1.54, 1.807) is 0 Å². The summed E-state index contributed by atoms with van der Waals surface area (Å²) in [4.78, 5) is 10.5. The number of urea groups is 1. The van der Waals surface area contributed by atoms with E-state index in [2.05, 4.69) is 10.6 Å². The van der Waals surface area contributed by atoms with Gasteiger partial charge in [-0.05, 0) is 13.0 Å². The van der Waals surface area contributed by atoms with Crippen molar-refractivity contribution in [2.45, 2.75) is 19.1 Å². The van der Waals surface area contributed by atoms with Gasteiger partial charge in [-0.15, -0.1) is 0 Å². The van der Waals surface area contributed by atoms with Crippen molar-refractivity contribution in [3.63, 3.8) is 0 Å². The molecular formula is C6H5F3N2O. The Labute approximate surface area is 66.6 Å². The molecule has 0 spiro atoms. The third kappa shape index (κ3) is 1.90. The quantitative estimate of drug-likeness (QED) is 0.549. The molecule has 0 saturated heterocycles. The number of hydrogen-bond acceptors (Lipinski definition) is 1. The first-order valence-corrected chi connectivity index (χ1v) is 3.11. The summed E-state index contributed by atoms with van der Waals surface area (Å²) in [5.41, 5.74) is 0.0531. The summed E-state index contributed by atoms with van der Waals surface area (Å²) in [6.45, 7) is 1.32. The van der Waals surface area contributed by atoms with Crippen LogP contribution in [0.5, 0.6) is 0 Å². The van der Waals surface area contributed by atoms with E-state index >= 15 is 0 Å². The average Bonchev–Trinajstić information content (AvgIpc) is 1.82. The number of carbonyl (C=O) groups is 1. The predicted octanol–water partition coefficient (Wildman–Crippen LogP) is 1.16. The van der Waals surface area contributed by atoms with Crippen molar-refractivity contribution >= 4 is 6.03 Å². The SMILES string of the molecule is CC1=CC(C(F)(F)F)[N]C(=O)[N]1. The number of hydrogen-bond donors (Lipinski definition) is 0. The lowest BCUT2D eigenvalue weighted by atomic mass is 10.2. The number of rotatable bonds is 0. The van der Waals surface area contributed by atoms with Crippen LogP contribution in [0.2, 0.25) is 0 Å². The molecule has 0 aromatic heterocycles. The lowest BCUT2D eigenvalue weighted by Gasteiger charge is -2.19. The van der Waals surface area contributed by atoms with Gasteiger partial charge < -0.3 is 0 Å². The number of allylic oxidation sites excluding steroid dienone is 1. The third-order valence-corrected chi connectivity index (χ3v) is 1.26. The van der Waals surface area contributed by atoms with Crippen LogP contribution in [0.25, 0.3) is 0 Å². The van der Waals surface area contributed by atoms with Gasteiger partial charge in [-0.25, -0.2) is 10.1 Å². The number of halogens is 3. The molecule has 3 nitrogen and oxygen atoms in total. The molecule has 0 aromatic rings. The van der Waals surface area contributed by atoms with Crippen LogP contribution in [0.3, 0.4) is 0 Å². The van der Waals surface area contributed by atoms with Gasteiger partial charge in [0.2, 0.25) is 0 Å². The van der Waals surface area contributed by atoms with E-state index in [0.717, 1.165) is 6.08 Å². The van der Waals surface area contributed by atoms with Gasteiger partial charge in [-0.1, -0.05) is 0 Å². The van der Waals surface area contributed by atoms with Crippen molar-refractivity contribution < 1.29 is 18.0 Å². The molecule has 0 saturated carbocycles. The zero-order valence-electron chi connectivity index (χ0n) is 6.09. The summed E-state index contributed by atoms with van der Waals surface area (Å²) in [5, 5.41) is 6.00. The molecule has 66 valence electrons. The molecule has 0 aliphatic carbocycles. The van der Waals surface area contributed by atoms with Crippen LogP contribution in [-0.2, 0) is 0 Å². The van der Waals surface area contributed by atoms with E-state index in [-0.39, 0.29) is 5.70 Å². The molecule has 1 atom stereocenters. The first kappa shape index (κ1) is 8.89. The second-order valence-electron chi connectivity index (χ2n) is 2.32. The van der Waals surface area contributed by atoms with Gasteiger partial charge in [-0.2, -0.15) is 18.5 Å². The number of nitrogens with zero attached hydrogens (tertiary/aromatic N) is 2. The largest absolute Gasteiger partial charge is 0.414 e. The second-order valence-corrected chi connectivity index (χ2v) is 2.32. The van der Waals surface area contributed by atoms with E-state index in [1.807, 2.05) is 0 Å². The van der Waals surface area contributed by atoms with E-state index in [1.165, 1.54) is 6.92 Å². The molecule has 0 fully saturated rings. The highest BCUT2D eigenvalue weighted by Gasteiger charge is 2.42. The molecule has 0 bridgehead atoms. The maximum absolute atomic E-state index is 12.0. The summed E-state index contributed by atoms with van der Waals surface area (Å²) in [6, 6.07) is -3.10. The molecule has 1 aliphatic heterocycles. The highest BCUT2D eigenvalue weighted by Crippen LogP contribution is 2.24. The first-order valence-electron chi connectivity index (χ1n) is 3.11. The molecule has 1 aliphatic rings. The Kier molecular flexibility index (Phi) is 1.99. The summed E-state index contributed by atoms with van der Waals surface area (Å²) in [5.74, 6) is 0. The van der Waals surface area contributed by atoms with Crippen LogP contribution in [-0.4, -0.2) is 18.2 Å². The summed E-state index contributed by atoms with van der Waals surface area (Å²) >= 11 is 0. The van der Waals surface area contributed by atoms with Crippen molar-refractivity contribution in [1.82, 2.24) is 10.6 Å². The molecule has 6 heteroatoms. The number of amides is 2. The minimum atomic E-state index is -4.49. The molecule has 0 N–H and O–H groups in total. The van der Waals surface area contributed by atoms with Gasteiger partial charge in [0.1, 0.15) is 0 Å². The van der Waals surface area contributed by atoms with Crippen molar-refractivity contribution in [3.05, 3.63) is 11.8 Å². The lowest BCUT2D eigenvalue weighted by molar-refractivity contribution is -0.143. The molecule has 12 heavy (non-hydrogen) atoms.